The summed E-state index contributed by atoms with van der Waals surface area (Å²) in [6.45, 7) is 8.14. The van der Waals surface area contributed by atoms with Crippen molar-refractivity contribution in [2.45, 2.75) is 25.2 Å². The van der Waals surface area contributed by atoms with Gasteiger partial charge in [-0.3, -0.25) is 0 Å². The van der Waals surface area contributed by atoms with Gasteiger partial charge < -0.3 is 9.80 Å². The highest BCUT2D eigenvalue weighted by atomic mass is 32.2. The van der Waals surface area contributed by atoms with Crippen LogP contribution >= 0.6 is 11.8 Å². The third-order valence-electron chi connectivity index (χ3n) is 4.13. The minimum Gasteiger partial charge on any atom is -0.349 e. The Bertz CT molecular complexity index is 696. The summed E-state index contributed by atoms with van der Waals surface area (Å²) in [6.07, 6.45) is 4.55. The van der Waals surface area contributed by atoms with Gasteiger partial charge in [0.05, 0.1) is 10.6 Å². The fourth-order valence-electron chi connectivity index (χ4n) is 2.59. The zero-order valence-corrected chi connectivity index (χ0v) is 17.4. The molecule has 0 saturated carbocycles. The number of benzene rings is 1. The first-order valence-corrected chi connectivity index (χ1v) is 11.6. The van der Waals surface area contributed by atoms with Gasteiger partial charge in [0, 0.05) is 13.1 Å². The van der Waals surface area contributed by atoms with Gasteiger partial charge in [-0.2, -0.15) is 5.26 Å². The van der Waals surface area contributed by atoms with Gasteiger partial charge in [0.25, 0.3) is 0 Å². The highest BCUT2D eigenvalue weighted by molar-refractivity contribution is 8.13. The maximum Gasteiger partial charge on any atom is 0.208 e. The number of aliphatic imine (C=N–C) groups is 1. The first-order chi connectivity index (χ1) is 12.5. The fourth-order valence-corrected chi connectivity index (χ4v) is 4.43. The molecule has 0 aliphatic carbocycles. The minimum atomic E-state index is -3.36. The predicted molar refractivity (Wildman–Crippen MR) is 109 cm³/mol. The van der Waals surface area contributed by atoms with Crippen molar-refractivity contribution in [2.24, 2.45) is 4.99 Å². The Morgan fingerprint density at radius 1 is 1.15 bits per heavy atom. The Balaban J connectivity index is 2.79. The summed E-state index contributed by atoms with van der Waals surface area (Å²) in [5.74, 6) is -0.00666. The summed E-state index contributed by atoms with van der Waals surface area (Å²) in [5, 5.41) is 9.47. The van der Waals surface area contributed by atoms with E-state index in [1.807, 2.05) is 17.3 Å². The molecule has 0 heterocycles. The minimum absolute atomic E-state index is 0.00666. The number of hydrogen-bond donors (Lipinski definition) is 0. The molecule has 0 N–H and O–H groups in total. The zero-order chi connectivity index (χ0) is 19.4. The molecule has 26 heavy (non-hydrogen) atoms. The molecule has 1 aromatic carbocycles. The van der Waals surface area contributed by atoms with Gasteiger partial charge in [0.2, 0.25) is 6.19 Å². The Morgan fingerprint density at radius 2 is 1.81 bits per heavy atom. The van der Waals surface area contributed by atoms with Crippen LogP contribution in [0.15, 0.2) is 40.2 Å². The van der Waals surface area contributed by atoms with Crippen molar-refractivity contribution >= 4 is 26.8 Å². The quantitative estimate of drug-likeness (QED) is 0.344. The third-order valence-corrected chi connectivity index (χ3v) is 6.55. The van der Waals surface area contributed by atoms with E-state index in [1.165, 1.54) is 11.8 Å². The average molecular weight is 397 g/mol. The third kappa shape index (κ3) is 7.36. The van der Waals surface area contributed by atoms with Crippen LogP contribution in [-0.2, 0) is 9.84 Å². The predicted octanol–water partition coefficient (Wildman–Crippen LogP) is 2.69. The van der Waals surface area contributed by atoms with Crippen molar-refractivity contribution < 1.29 is 8.42 Å². The number of nitrogens with zero attached hydrogens (tertiary/aromatic N) is 4. The molecular weight excluding hydrogens is 368 g/mol. The molecule has 0 aromatic heterocycles. The van der Waals surface area contributed by atoms with E-state index in [9.17, 15) is 8.42 Å². The van der Waals surface area contributed by atoms with E-state index in [1.54, 1.807) is 30.3 Å². The number of sulfone groups is 1. The largest absolute Gasteiger partial charge is 0.349 e. The first-order valence-electron chi connectivity index (χ1n) is 8.74. The lowest BCUT2D eigenvalue weighted by molar-refractivity contribution is 0.284. The summed E-state index contributed by atoms with van der Waals surface area (Å²) < 4.78 is 25.1. The first kappa shape index (κ1) is 22.5. The lowest BCUT2D eigenvalue weighted by atomic mass is 10.3. The lowest BCUT2D eigenvalue weighted by Crippen LogP contribution is -2.36. The van der Waals surface area contributed by atoms with Crippen LogP contribution < -0.4 is 0 Å². The molecule has 8 heteroatoms. The van der Waals surface area contributed by atoms with Gasteiger partial charge in [-0.25, -0.2) is 8.42 Å². The van der Waals surface area contributed by atoms with Crippen LogP contribution in [0.3, 0.4) is 0 Å². The normalized spacial score (nSPS) is 12.2. The second-order valence-electron chi connectivity index (χ2n) is 5.70. The highest BCUT2D eigenvalue weighted by Crippen LogP contribution is 2.13. The zero-order valence-electron chi connectivity index (χ0n) is 15.8. The molecule has 0 aliphatic heterocycles. The molecule has 144 valence electrons. The monoisotopic (exact) mass is 396 g/mol. The van der Waals surface area contributed by atoms with Crippen LogP contribution in [0.2, 0.25) is 0 Å². The van der Waals surface area contributed by atoms with Gasteiger partial charge in [0.15, 0.2) is 15.0 Å². The molecule has 0 saturated heterocycles. The van der Waals surface area contributed by atoms with E-state index in [0.29, 0.717) is 23.2 Å². The molecule has 1 rings (SSSR count). The Kier molecular flexibility index (Phi) is 10.3. The summed E-state index contributed by atoms with van der Waals surface area (Å²) >= 11 is 1.36. The summed E-state index contributed by atoms with van der Waals surface area (Å²) in [4.78, 5) is 8.40. The second kappa shape index (κ2) is 11.9. The van der Waals surface area contributed by atoms with Gasteiger partial charge in [-0.15, -0.1) is 4.99 Å². The molecule has 0 atom stereocenters. The van der Waals surface area contributed by atoms with E-state index >= 15 is 0 Å². The van der Waals surface area contributed by atoms with Crippen LogP contribution in [0.4, 0.5) is 0 Å². The maximum absolute atomic E-state index is 12.5. The molecule has 0 unspecified atom stereocenters. The molecule has 0 bridgehead atoms. The SMILES string of the molecule is CCN(CC)CCCN(CCS(=O)(=O)c1ccccc1)C(=NC#N)SC. The summed E-state index contributed by atoms with van der Waals surface area (Å²) in [7, 11) is -3.36. The molecule has 0 amide bonds. The number of nitriles is 1. The van der Waals surface area contributed by atoms with Crippen molar-refractivity contribution in [2.75, 3.05) is 44.7 Å². The van der Waals surface area contributed by atoms with Gasteiger partial charge in [-0.05, 0) is 44.4 Å². The lowest BCUT2D eigenvalue weighted by Gasteiger charge is -2.26. The topological polar surface area (TPSA) is 76.8 Å². The van der Waals surface area contributed by atoms with Gasteiger partial charge in [0.1, 0.15) is 0 Å². The van der Waals surface area contributed by atoms with E-state index < -0.39 is 9.84 Å². The van der Waals surface area contributed by atoms with E-state index in [0.717, 1.165) is 26.1 Å². The molecule has 6 nitrogen and oxygen atoms in total. The van der Waals surface area contributed by atoms with Gasteiger partial charge in [-0.1, -0.05) is 43.8 Å². The Hall–Kier alpha value is -1.56. The van der Waals surface area contributed by atoms with Crippen molar-refractivity contribution in [3.8, 4) is 6.19 Å². The van der Waals surface area contributed by atoms with Crippen LogP contribution in [0.1, 0.15) is 20.3 Å². The number of hydrogen-bond acceptors (Lipinski definition) is 6. The molecule has 0 radical (unpaired) electrons. The van der Waals surface area contributed by atoms with Crippen LogP contribution in [0.5, 0.6) is 0 Å². The standard InChI is InChI=1S/C18H28N4O2S2/c1-4-21(5-2)12-9-13-22(18(25-3)20-16-19)14-15-26(23,24)17-10-7-6-8-11-17/h6-8,10-11H,4-5,9,12-15H2,1-3H3. The molecule has 0 aliphatic rings. The fraction of sp³-hybridized carbons (Fsp3) is 0.556. The van der Waals surface area contributed by atoms with Crippen molar-refractivity contribution in [3.05, 3.63) is 30.3 Å². The molecule has 0 spiro atoms. The Morgan fingerprint density at radius 3 is 2.35 bits per heavy atom. The summed E-state index contributed by atoms with van der Waals surface area (Å²) in [5.41, 5.74) is 0. The second-order valence-corrected chi connectivity index (χ2v) is 8.58. The molecule has 1 aromatic rings. The Labute approximate surface area is 161 Å². The van der Waals surface area contributed by atoms with Crippen molar-refractivity contribution in [3.63, 3.8) is 0 Å². The van der Waals surface area contributed by atoms with Crippen LogP contribution in [0.25, 0.3) is 0 Å². The van der Waals surface area contributed by atoms with Crippen molar-refractivity contribution in [1.82, 2.24) is 9.80 Å². The van der Waals surface area contributed by atoms with E-state index in [2.05, 4.69) is 23.7 Å². The smallest absolute Gasteiger partial charge is 0.208 e. The van der Waals surface area contributed by atoms with E-state index in [4.69, 9.17) is 5.26 Å². The number of amidine groups is 1. The maximum atomic E-state index is 12.5. The number of rotatable bonds is 10. The van der Waals surface area contributed by atoms with Gasteiger partial charge >= 0.3 is 0 Å². The van der Waals surface area contributed by atoms with E-state index in [-0.39, 0.29) is 5.75 Å². The molecular formula is C18H28N4O2S2. The average Bonchev–Trinajstić information content (AvgIpc) is 2.66. The van der Waals surface area contributed by atoms with Crippen LogP contribution in [-0.4, -0.2) is 68.1 Å². The van der Waals surface area contributed by atoms with Crippen LogP contribution in [0, 0.1) is 11.5 Å². The highest BCUT2D eigenvalue weighted by Gasteiger charge is 2.18. The molecule has 0 fully saturated rings. The summed E-state index contributed by atoms with van der Waals surface area (Å²) in [6, 6.07) is 8.46. The number of thioether (sulfide) groups is 1. The van der Waals surface area contributed by atoms with Crippen molar-refractivity contribution in [1.29, 1.82) is 5.26 Å².